The zero-order valence-corrected chi connectivity index (χ0v) is 12.0. The summed E-state index contributed by atoms with van der Waals surface area (Å²) in [6.07, 6.45) is 1.58. The summed E-state index contributed by atoms with van der Waals surface area (Å²) in [5.74, 6) is 0.337. The van der Waals surface area contributed by atoms with Gasteiger partial charge in [-0.2, -0.15) is 0 Å². The van der Waals surface area contributed by atoms with Crippen LogP contribution in [0.5, 0.6) is 0 Å². The van der Waals surface area contributed by atoms with Gasteiger partial charge in [-0.3, -0.25) is 4.79 Å². The van der Waals surface area contributed by atoms with Crippen LogP contribution >= 0.6 is 0 Å². The van der Waals surface area contributed by atoms with E-state index in [0.717, 1.165) is 26.1 Å². The Balaban J connectivity index is 3.99. The lowest BCUT2D eigenvalue weighted by Gasteiger charge is -2.25. The fourth-order valence-electron chi connectivity index (χ4n) is 1.90. The Labute approximate surface area is 105 Å². The van der Waals surface area contributed by atoms with Gasteiger partial charge in [0, 0.05) is 6.54 Å². The van der Waals surface area contributed by atoms with E-state index in [4.69, 9.17) is 5.73 Å². The summed E-state index contributed by atoms with van der Waals surface area (Å²) < 4.78 is 4.69. The molecule has 2 N–H and O–H groups in total. The fraction of sp³-hybridized carbons (Fsp3) is 0.923. The number of hydrogen-bond donors (Lipinski definition) is 1. The number of nitrogens with two attached hydrogens (primary N) is 1. The summed E-state index contributed by atoms with van der Waals surface area (Å²) in [6, 6.07) is 0. The van der Waals surface area contributed by atoms with Gasteiger partial charge in [-0.25, -0.2) is 0 Å². The molecular formula is C13H28N2O2. The lowest BCUT2D eigenvalue weighted by atomic mass is 9.97. The molecule has 0 saturated heterocycles. The van der Waals surface area contributed by atoms with Crippen molar-refractivity contribution in [2.75, 3.05) is 26.7 Å². The van der Waals surface area contributed by atoms with E-state index in [9.17, 15) is 4.79 Å². The Morgan fingerprint density at radius 3 is 2.47 bits per heavy atom. The molecule has 0 aromatic rings. The molecule has 0 saturated carbocycles. The minimum atomic E-state index is -0.855. The average molecular weight is 244 g/mol. The second-order valence-electron chi connectivity index (χ2n) is 5.30. The van der Waals surface area contributed by atoms with Gasteiger partial charge < -0.3 is 15.4 Å². The van der Waals surface area contributed by atoms with Gasteiger partial charge in [-0.05, 0) is 38.8 Å². The van der Waals surface area contributed by atoms with Crippen LogP contribution in [0.3, 0.4) is 0 Å². The number of nitrogens with zero attached hydrogens (tertiary/aromatic N) is 1. The Kier molecular flexibility index (Phi) is 7.39. The third-order valence-electron chi connectivity index (χ3n) is 2.89. The maximum atomic E-state index is 11.4. The van der Waals surface area contributed by atoms with Crippen LogP contribution in [0.15, 0.2) is 0 Å². The molecule has 1 unspecified atom stereocenters. The van der Waals surface area contributed by atoms with Gasteiger partial charge in [-0.1, -0.05) is 20.8 Å². The maximum Gasteiger partial charge on any atom is 0.325 e. The van der Waals surface area contributed by atoms with Crippen molar-refractivity contribution in [3.8, 4) is 0 Å². The predicted molar refractivity (Wildman–Crippen MR) is 70.8 cm³/mol. The Bertz CT molecular complexity index is 227. The summed E-state index contributed by atoms with van der Waals surface area (Å²) in [7, 11) is 1.38. The van der Waals surface area contributed by atoms with Crippen molar-refractivity contribution in [1.82, 2.24) is 4.90 Å². The van der Waals surface area contributed by atoms with Gasteiger partial charge in [-0.15, -0.1) is 0 Å². The van der Waals surface area contributed by atoms with Crippen LogP contribution < -0.4 is 5.73 Å². The second kappa shape index (κ2) is 7.67. The Hall–Kier alpha value is -0.610. The van der Waals surface area contributed by atoms with E-state index in [-0.39, 0.29) is 5.97 Å². The van der Waals surface area contributed by atoms with Gasteiger partial charge in [0.05, 0.1) is 7.11 Å². The SMILES string of the molecule is CCN(CCCC(C)(N)C(=O)OC)CC(C)C. The normalized spacial score (nSPS) is 15.1. The highest BCUT2D eigenvalue weighted by atomic mass is 16.5. The van der Waals surface area contributed by atoms with E-state index < -0.39 is 5.54 Å². The zero-order valence-electron chi connectivity index (χ0n) is 12.0. The van der Waals surface area contributed by atoms with E-state index in [1.165, 1.54) is 7.11 Å². The zero-order chi connectivity index (χ0) is 13.5. The maximum absolute atomic E-state index is 11.4. The molecule has 17 heavy (non-hydrogen) atoms. The highest BCUT2D eigenvalue weighted by Gasteiger charge is 2.28. The first kappa shape index (κ1) is 16.4. The van der Waals surface area contributed by atoms with E-state index in [1.54, 1.807) is 6.92 Å². The van der Waals surface area contributed by atoms with Crippen molar-refractivity contribution < 1.29 is 9.53 Å². The van der Waals surface area contributed by atoms with Crippen LogP contribution in [0, 0.1) is 5.92 Å². The number of ether oxygens (including phenoxy) is 1. The van der Waals surface area contributed by atoms with Crippen LogP contribution in [0.25, 0.3) is 0 Å². The van der Waals surface area contributed by atoms with Crippen LogP contribution in [0.1, 0.15) is 40.5 Å². The molecule has 4 heteroatoms. The number of methoxy groups -OCH3 is 1. The largest absolute Gasteiger partial charge is 0.468 e. The standard InChI is InChI=1S/C13H28N2O2/c1-6-15(10-11(2)3)9-7-8-13(4,14)12(16)17-5/h11H,6-10,14H2,1-5H3. The summed E-state index contributed by atoms with van der Waals surface area (Å²) in [4.78, 5) is 13.8. The quantitative estimate of drug-likeness (QED) is 0.659. The van der Waals surface area contributed by atoms with Crippen molar-refractivity contribution >= 4 is 5.97 Å². The molecule has 0 heterocycles. The summed E-state index contributed by atoms with van der Waals surface area (Å²) in [5.41, 5.74) is 5.05. The molecule has 0 spiro atoms. The molecule has 1 atom stereocenters. The average Bonchev–Trinajstić information content (AvgIpc) is 2.25. The molecule has 0 rings (SSSR count). The molecule has 0 aromatic carbocycles. The van der Waals surface area contributed by atoms with Crippen molar-refractivity contribution in [1.29, 1.82) is 0 Å². The topological polar surface area (TPSA) is 55.6 Å². The van der Waals surface area contributed by atoms with Gasteiger partial charge in [0.1, 0.15) is 5.54 Å². The van der Waals surface area contributed by atoms with Crippen molar-refractivity contribution in [2.24, 2.45) is 11.7 Å². The van der Waals surface area contributed by atoms with Gasteiger partial charge in [0.15, 0.2) is 0 Å². The van der Waals surface area contributed by atoms with E-state index in [0.29, 0.717) is 12.3 Å². The van der Waals surface area contributed by atoms with Crippen LogP contribution in [0.2, 0.25) is 0 Å². The lowest BCUT2D eigenvalue weighted by Crippen LogP contribution is -2.46. The molecule has 0 amide bonds. The van der Waals surface area contributed by atoms with Crippen LogP contribution in [0.4, 0.5) is 0 Å². The van der Waals surface area contributed by atoms with E-state index in [2.05, 4.69) is 30.4 Å². The highest BCUT2D eigenvalue weighted by Crippen LogP contribution is 2.12. The molecule has 0 bridgehead atoms. The van der Waals surface area contributed by atoms with Gasteiger partial charge in [0.2, 0.25) is 0 Å². The molecule has 0 fully saturated rings. The minimum absolute atomic E-state index is 0.329. The molecule has 0 aromatic heterocycles. The summed E-state index contributed by atoms with van der Waals surface area (Å²) in [5, 5.41) is 0. The van der Waals surface area contributed by atoms with Crippen molar-refractivity contribution in [3.63, 3.8) is 0 Å². The molecule has 4 nitrogen and oxygen atoms in total. The molecule has 0 aliphatic rings. The predicted octanol–water partition coefficient (Wildman–Crippen LogP) is 1.63. The minimum Gasteiger partial charge on any atom is -0.468 e. The summed E-state index contributed by atoms with van der Waals surface area (Å²) >= 11 is 0. The second-order valence-corrected chi connectivity index (χ2v) is 5.30. The molecule has 0 aliphatic heterocycles. The lowest BCUT2D eigenvalue weighted by molar-refractivity contribution is -0.146. The Morgan fingerprint density at radius 1 is 1.47 bits per heavy atom. The van der Waals surface area contributed by atoms with Crippen LogP contribution in [-0.2, 0) is 9.53 Å². The molecule has 102 valence electrons. The number of carbonyl (C=O) groups excluding carboxylic acids is 1. The third kappa shape index (κ3) is 6.64. The van der Waals surface area contributed by atoms with E-state index >= 15 is 0 Å². The number of carbonyl (C=O) groups is 1. The Morgan fingerprint density at radius 2 is 2.06 bits per heavy atom. The van der Waals surface area contributed by atoms with Gasteiger partial charge in [0.25, 0.3) is 0 Å². The smallest absolute Gasteiger partial charge is 0.325 e. The van der Waals surface area contributed by atoms with E-state index in [1.807, 2.05) is 0 Å². The summed E-state index contributed by atoms with van der Waals surface area (Å²) in [6.45, 7) is 11.4. The van der Waals surface area contributed by atoms with Crippen LogP contribution in [-0.4, -0.2) is 43.2 Å². The van der Waals surface area contributed by atoms with Crippen molar-refractivity contribution in [3.05, 3.63) is 0 Å². The van der Waals surface area contributed by atoms with Crippen molar-refractivity contribution in [2.45, 2.75) is 46.1 Å². The fourth-order valence-corrected chi connectivity index (χ4v) is 1.90. The number of hydrogen-bond acceptors (Lipinski definition) is 4. The first-order chi connectivity index (χ1) is 7.83. The molecule has 0 radical (unpaired) electrons. The monoisotopic (exact) mass is 244 g/mol. The number of rotatable bonds is 8. The first-order valence-corrected chi connectivity index (χ1v) is 6.43. The van der Waals surface area contributed by atoms with Gasteiger partial charge >= 0.3 is 5.97 Å². The number of esters is 1. The molecular weight excluding hydrogens is 216 g/mol. The first-order valence-electron chi connectivity index (χ1n) is 6.43. The molecule has 0 aliphatic carbocycles. The highest BCUT2D eigenvalue weighted by molar-refractivity contribution is 5.79. The third-order valence-corrected chi connectivity index (χ3v) is 2.89.